The molecule has 0 N–H and O–H groups in total. The number of hydrogen-bond donors (Lipinski definition) is 0. The maximum absolute atomic E-state index is 2.47. The van der Waals surface area contributed by atoms with Gasteiger partial charge in [0.2, 0.25) is 0 Å². The zero-order valence-electron chi connectivity index (χ0n) is 36.6. The number of benzene rings is 10. The first-order valence-corrected chi connectivity index (χ1v) is 22.8. The molecule has 14 rings (SSSR count). The standard InChI is InChI=1S/C62H42N4/c1-39-33-61-53(47-23-11-15-27-57(47)65(61)43-29-31-59-51(35-43)45-21-9-13-25-55(45)63(59)41-17-5-3-6-18-41)37-49(39)50-38-54-48-24-12-16-28-58(48)66(62(54)34-40(50)2)44-30-32-60-52(36-44)46-22-10-14-26-56(46)64(60)42-19-7-4-8-20-42/h3-38H,1-2H3. The summed E-state index contributed by atoms with van der Waals surface area (Å²) >= 11 is 0. The second-order valence-corrected chi connectivity index (χ2v) is 17.9. The molecule has 0 aliphatic heterocycles. The molecule has 4 heteroatoms. The Hall–Kier alpha value is -8.60. The molecule has 0 saturated heterocycles. The van der Waals surface area contributed by atoms with Gasteiger partial charge in [0.15, 0.2) is 0 Å². The third kappa shape index (κ3) is 5.21. The van der Waals surface area contributed by atoms with Crippen LogP contribution in [0.2, 0.25) is 0 Å². The van der Waals surface area contributed by atoms with E-state index in [4.69, 9.17) is 0 Å². The summed E-state index contributed by atoms with van der Waals surface area (Å²) in [6.07, 6.45) is 0. The normalized spacial score (nSPS) is 12.1. The van der Waals surface area contributed by atoms with E-state index in [2.05, 4.69) is 251 Å². The van der Waals surface area contributed by atoms with Crippen molar-refractivity contribution in [1.29, 1.82) is 0 Å². The number of para-hydroxylation sites is 6. The highest BCUT2D eigenvalue weighted by Gasteiger charge is 2.21. The van der Waals surface area contributed by atoms with Crippen LogP contribution in [0, 0.1) is 13.8 Å². The fourth-order valence-corrected chi connectivity index (χ4v) is 11.3. The predicted octanol–water partition coefficient (Wildman–Crippen LogP) is 16.4. The van der Waals surface area contributed by atoms with Crippen molar-refractivity contribution in [3.63, 3.8) is 0 Å². The Morgan fingerprint density at radius 2 is 0.500 bits per heavy atom. The van der Waals surface area contributed by atoms with Gasteiger partial charge in [-0.05, 0) is 145 Å². The van der Waals surface area contributed by atoms with E-state index < -0.39 is 0 Å². The summed E-state index contributed by atoms with van der Waals surface area (Å²) in [7, 11) is 0. The van der Waals surface area contributed by atoms with Gasteiger partial charge in [-0.3, -0.25) is 0 Å². The van der Waals surface area contributed by atoms with Gasteiger partial charge in [-0.1, -0.05) is 109 Å². The summed E-state index contributed by atoms with van der Waals surface area (Å²) in [4.78, 5) is 0. The van der Waals surface area contributed by atoms with Gasteiger partial charge in [-0.2, -0.15) is 0 Å². The van der Waals surface area contributed by atoms with E-state index >= 15 is 0 Å². The molecule has 10 aromatic carbocycles. The smallest absolute Gasteiger partial charge is 0.0544 e. The summed E-state index contributed by atoms with van der Waals surface area (Å²) in [5.74, 6) is 0. The van der Waals surface area contributed by atoms with Crippen LogP contribution in [0.1, 0.15) is 11.1 Å². The molecule has 14 aromatic rings. The first-order chi connectivity index (χ1) is 32.6. The van der Waals surface area contributed by atoms with E-state index in [1.807, 2.05) is 0 Å². The molecule has 0 spiro atoms. The average molecular weight is 843 g/mol. The SMILES string of the molecule is Cc1cc2c(cc1-c1cc3c4ccccc4n(-c4ccc5c(c4)c4ccccc4n5-c4ccccc4)c3cc1C)c1ccccc1n2-c1ccc2c(c1)c1ccccc1n2-c1ccccc1. The Morgan fingerprint density at radius 1 is 0.212 bits per heavy atom. The lowest BCUT2D eigenvalue weighted by Gasteiger charge is -2.14. The van der Waals surface area contributed by atoms with Crippen molar-refractivity contribution in [2.45, 2.75) is 13.8 Å². The lowest BCUT2D eigenvalue weighted by molar-refractivity contribution is 1.16. The Bertz CT molecular complexity index is 4010. The summed E-state index contributed by atoms with van der Waals surface area (Å²) < 4.78 is 9.70. The minimum atomic E-state index is 1.16. The summed E-state index contributed by atoms with van der Waals surface area (Å²) in [6, 6.07) is 80.4. The minimum Gasteiger partial charge on any atom is -0.309 e. The van der Waals surface area contributed by atoms with Gasteiger partial charge in [0, 0.05) is 65.8 Å². The monoisotopic (exact) mass is 842 g/mol. The number of nitrogens with zero attached hydrogens (tertiary/aromatic N) is 4. The molecule has 4 aromatic heterocycles. The molecule has 0 bridgehead atoms. The van der Waals surface area contributed by atoms with Crippen molar-refractivity contribution in [2.24, 2.45) is 0 Å². The van der Waals surface area contributed by atoms with Crippen molar-refractivity contribution in [3.8, 4) is 33.9 Å². The van der Waals surface area contributed by atoms with Crippen LogP contribution in [0.15, 0.2) is 218 Å². The van der Waals surface area contributed by atoms with Crippen molar-refractivity contribution < 1.29 is 0 Å². The average Bonchev–Trinajstić information content (AvgIpc) is 4.08. The molecule has 310 valence electrons. The van der Waals surface area contributed by atoms with Crippen molar-refractivity contribution >= 4 is 87.2 Å². The van der Waals surface area contributed by atoms with Crippen LogP contribution >= 0.6 is 0 Å². The van der Waals surface area contributed by atoms with Gasteiger partial charge in [0.1, 0.15) is 0 Å². The Labute approximate surface area is 381 Å². The maximum Gasteiger partial charge on any atom is 0.0544 e. The van der Waals surface area contributed by atoms with Gasteiger partial charge >= 0.3 is 0 Å². The van der Waals surface area contributed by atoms with Gasteiger partial charge < -0.3 is 18.3 Å². The van der Waals surface area contributed by atoms with Crippen molar-refractivity contribution in [3.05, 3.63) is 230 Å². The van der Waals surface area contributed by atoms with E-state index in [0.29, 0.717) is 0 Å². The molecule has 0 amide bonds. The third-order valence-electron chi connectivity index (χ3n) is 14.2. The van der Waals surface area contributed by atoms with E-state index in [-0.39, 0.29) is 0 Å². The Balaban J connectivity index is 0.945. The Morgan fingerprint density at radius 3 is 0.864 bits per heavy atom. The number of aryl methyl sites for hydroxylation is 2. The van der Waals surface area contributed by atoms with Crippen molar-refractivity contribution in [1.82, 2.24) is 18.3 Å². The van der Waals surface area contributed by atoms with Crippen LogP contribution in [-0.2, 0) is 0 Å². The highest BCUT2D eigenvalue weighted by Crippen LogP contribution is 2.43. The van der Waals surface area contributed by atoms with Crippen LogP contribution in [0.4, 0.5) is 0 Å². The largest absolute Gasteiger partial charge is 0.309 e. The fraction of sp³-hybridized carbons (Fsp3) is 0.0323. The highest BCUT2D eigenvalue weighted by molar-refractivity contribution is 6.16. The molecule has 4 nitrogen and oxygen atoms in total. The molecule has 0 unspecified atom stereocenters. The third-order valence-corrected chi connectivity index (χ3v) is 14.2. The van der Waals surface area contributed by atoms with Crippen LogP contribution in [-0.4, -0.2) is 18.3 Å². The van der Waals surface area contributed by atoms with Crippen molar-refractivity contribution in [2.75, 3.05) is 0 Å². The number of hydrogen-bond acceptors (Lipinski definition) is 0. The molecule has 4 heterocycles. The van der Waals surface area contributed by atoms with Crippen LogP contribution < -0.4 is 0 Å². The molecular formula is C62H42N4. The van der Waals surface area contributed by atoms with Crippen LogP contribution in [0.5, 0.6) is 0 Å². The summed E-state index contributed by atoms with van der Waals surface area (Å²) in [6.45, 7) is 4.56. The van der Waals surface area contributed by atoms with E-state index in [9.17, 15) is 0 Å². The maximum atomic E-state index is 2.47. The molecule has 0 radical (unpaired) electrons. The second-order valence-electron chi connectivity index (χ2n) is 17.9. The number of rotatable bonds is 5. The van der Waals surface area contributed by atoms with Crippen LogP contribution in [0.25, 0.3) is 121 Å². The van der Waals surface area contributed by atoms with E-state index in [0.717, 1.165) is 11.4 Å². The molecule has 0 aliphatic rings. The summed E-state index contributed by atoms with van der Waals surface area (Å²) in [5.41, 5.74) is 19.3. The topological polar surface area (TPSA) is 19.7 Å². The van der Waals surface area contributed by atoms with Gasteiger partial charge in [-0.25, -0.2) is 0 Å². The number of aromatic nitrogens is 4. The lowest BCUT2D eigenvalue weighted by atomic mass is 9.93. The molecule has 0 atom stereocenters. The Kier molecular flexibility index (Phi) is 7.79. The van der Waals surface area contributed by atoms with Gasteiger partial charge in [0.25, 0.3) is 0 Å². The van der Waals surface area contributed by atoms with Crippen LogP contribution in [0.3, 0.4) is 0 Å². The zero-order chi connectivity index (χ0) is 43.6. The number of fused-ring (bicyclic) bond motifs is 12. The molecular weight excluding hydrogens is 801 g/mol. The molecule has 0 saturated carbocycles. The molecule has 0 aliphatic carbocycles. The summed E-state index contributed by atoms with van der Waals surface area (Å²) in [5, 5.41) is 9.99. The van der Waals surface area contributed by atoms with Gasteiger partial charge in [-0.15, -0.1) is 0 Å². The fourth-order valence-electron chi connectivity index (χ4n) is 11.3. The highest BCUT2D eigenvalue weighted by atomic mass is 15.0. The predicted molar refractivity (Wildman–Crippen MR) is 279 cm³/mol. The van der Waals surface area contributed by atoms with E-state index in [1.54, 1.807) is 0 Å². The van der Waals surface area contributed by atoms with Gasteiger partial charge in [0.05, 0.1) is 44.1 Å². The second kappa shape index (κ2) is 13.9. The first-order valence-electron chi connectivity index (χ1n) is 22.8. The minimum absolute atomic E-state index is 1.16. The first kappa shape index (κ1) is 36.8. The molecule has 0 fully saturated rings. The van der Waals surface area contributed by atoms with E-state index in [1.165, 1.54) is 121 Å². The molecule has 66 heavy (non-hydrogen) atoms. The quantitative estimate of drug-likeness (QED) is 0.164. The lowest BCUT2D eigenvalue weighted by Crippen LogP contribution is -1.97. The zero-order valence-corrected chi connectivity index (χ0v) is 36.6.